The van der Waals surface area contributed by atoms with Gasteiger partial charge in [0.2, 0.25) is 0 Å². The number of hydrogen-bond donors (Lipinski definition) is 6. The highest BCUT2D eigenvalue weighted by Gasteiger charge is 2.43. The van der Waals surface area contributed by atoms with E-state index in [1.165, 1.54) is 0 Å². The third-order valence-electron chi connectivity index (χ3n) is 3.45. The topological polar surface area (TPSA) is 261 Å². The highest BCUT2D eigenvalue weighted by Crippen LogP contribution is 2.66. The van der Waals surface area contributed by atoms with E-state index in [1.54, 1.807) is 0 Å². The molecule has 20 heteroatoms. The minimum Gasteiger partial charge on any atom is -0.390 e. The molecule has 1 fully saturated rings. The molecule has 5 unspecified atom stereocenters. The number of rotatable bonds is 9. The van der Waals surface area contributed by atoms with Crippen LogP contribution in [-0.2, 0) is 31.6 Å². The van der Waals surface area contributed by atoms with E-state index >= 15 is 0 Å². The van der Waals surface area contributed by atoms with Crippen molar-refractivity contribution in [3.63, 3.8) is 0 Å². The van der Waals surface area contributed by atoms with Gasteiger partial charge in [-0.05, 0) is 0 Å². The molecule has 0 amide bonds. The van der Waals surface area contributed by atoms with Crippen LogP contribution in [0.4, 0.5) is 0 Å². The summed E-state index contributed by atoms with van der Waals surface area (Å²) in [5, 5.41) is 9.97. The molecule has 2 rings (SSSR count). The average molecular weight is 496 g/mol. The third kappa shape index (κ3) is 6.85. The predicted octanol–water partition coefficient (Wildman–Crippen LogP) is -1.66. The lowest BCUT2D eigenvalue weighted by Gasteiger charge is -2.19. The second kappa shape index (κ2) is 9.04. The molecule has 1 saturated heterocycles. The Morgan fingerprint density at radius 1 is 1.17 bits per heavy atom. The van der Waals surface area contributed by atoms with E-state index in [4.69, 9.17) is 19.4 Å². The molecule has 1 aromatic heterocycles. The molecule has 17 nitrogen and oxygen atoms in total. The fraction of sp³-hybridized carbons (Fsp3) is 0.500. The van der Waals surface area contributed by atoms with Gasteiger partial charge in [-0.3, -0.25) is 23.7 Å². The van der Waals surface area contributed by atoms with E-state index in [9.17, 15) is 38.1 Å². The summed E-state index contributed by atoms with van der Waals surface area (Å²) in [6.45, 7) is -0.944. The second-order valence-corrected chi connectivity index (χ2v) is 10.1. The molecule has 1 aromatic rings. The van der Waals surface area contributed by atoms with Crippen molar-refractivity contribution in [3.8, 4) is 0 Å². The van der Waals surface area contributed by atoms with Gasteiger partial charge in [0.1, 0.15) is 12.3 Å². The van der Waals surface area contributed by atoms with Gasteiger partial charge in [0.05, 0.1) is 18.3 Å². The van der Waals surface area contributed by atoms with Crippen molar-refractivity contribution in [2.45, 2.75) is 24.9 Å². The van der Waals surface area contributed by atoms with Gasteiger partial charge in [-0.15, -0.1) is 0 Å². The van der Waals surface area contributed by atoms with Gasteiger partial charge in [-0.1, -0.05) is 0 Å². The van der Waals surface area contributed by atoms with Crippen LogP contribution in [0, 0.1) is 0 Å². The summed E-state index contributed by atoms with van der Waals surface area (Å²) in [5.41, 5.74) is -2.34. The van der Waals surface area contributed by atoms with Crippen LogP contribution in [0.1, 0.15) is 23.0 Å². The number of nitrogens with one attached hydrogen (secondary N) is 1. The van der Waals surface area contributed by atoms with Crippen LogP contribution in [-0.4, -0.2) is 59.3 Å². The molecule has 0 aromatic carbocycles. The monoisotopic (exact) mass is 496 g/mol. The summed E-state index contributed by atoms with van der Waals surface area (Å²) in [6.07, 6.45) is -3.26. The Bertz CT molecular complexity index is 1060. The first-order valence-corrected chi connectivity index (χ1v) is 12.1. The molecular formula is C10H15N2O15P3. The lowest BCUT2D eigenvalue weighted by molar-refractivity contribution is -0.0450. The largest absolute Gasteiger partial charge is 0.490 e. The van der Waals surface area contributed by atoms with Crippen molar-refractivity contribution < 1.29 is 61.1 Å². The fourth-order valence-corrected chi connectivity index (χ4v) is 5.34. The first-order valence-electron chi connectivity index (χ1n) is 7.55. The average Bonchev–Trinajstić information content (AvgIpc) is 2.90. The van der Waals surface area contributed by atoms with Crippen LogP contribution in [0.25, 0.3) is 0 Å². The lowest BCUT2D eigenvalue weighted by atomic mass is 10.2. The van der Waals surface area contributed by atoms with Crippen molar-refractivity contribution in [1.82, 2.24) is 9.55 Å². The molecule has 0 aliphatic carbocycles. The van der Waals surface area contributed by atoms with Crippen molar-refractivity contribution in [2.75, 3.05) is 6.61 Å². The lowest BCUT2D eigenvalue weighted by Crippen LogP contribution is -2.34. The molecule has 2 heterocycles. The summed E-state index contributed by atoms with van der Waals surface area (Å²) in [4.78, 5) is 71.3. The SMILES string of the molecule is O=Cc1cn(C2CC(O)C(COP(=O)(O)OP(=O)(O)OP(=O)(O)O)O2)c(=O)[nH]c1=O. The predicted molar refractivity (Wildman–Crippen MR) is 91.1 cm³/mol. The van der Waals surface area contributed by atoms with Crippen molar-refractivity contribution >= 4 is 29.8 Å². The Morgan fingerprint density at radius 3 is 2.37 bits per heavy atom. The molecule has 1 aliphatic rings. The van der Waals surface area contributed by atoms with Crippen LogP contribution in [0.5, 0.6) is 0 Å². The minimum absolute atomic E-state index is 0.174. The molecule has 0 saturated carbocycles. The number of hydrogen-bond acceptors (Lipinski definition) is 11. The highest BCUT2D eigenvalue weighted by molar-refractivity contribution is 7.66. The standard InChI is InChI=1S/C10H15N2O15P3/c13-3-5-2-12(10(16)11-9(5)15)8-1-6(14)7(25-8)4-24-29(20,21)27-30(22,23)26-28(17,18)19/h2-3,6-8,14H,1,4H2,(H,20,21)(H,22,23)(H,11,15,16)(H2,17,18,19). The first-order chi connectivity index (χ1) is 13.6. The van der Waals surface area contributed by atoms with E-state index in [-0.39, 0.29) is 12.7 Å². The summed E-state index contributed by atoms with van der Waals surface area (Å²) < 4.78 is 50.9. The van der Waals surface area contributed by atoms with Gasteiger partial charge in [0, 0.05) is 12.6 Å². The molecular weight excluding hydrogens is 481 g/mol. The number of ether oxygens (including phenoxy) is 1. The summed E-state index contributed by atoms with van der Waals surface area (Å²) in [6, 6.07) is 0. The van der Waals surface area contributed by atoms with E-state index in [2.05, 4.69) is 13.1 Å². The van der Waals surface area contributed by atoms with Crippen LogP contribution in [0.3, 0.4) is 0 Å². The molecule has 30 heavy (non-hydrogen) atoms. The number of aliphatic hydroxyl groups is 1. The highest BCUT2D eigenvalue weighted by atomic mass is 31.3. The Labute approximate surface area is 165 Å². The van der Waals surface area contributed by atoms with Crippen LogP contribution < -0.4 is 11.2 Å². The fourth-order valence-electron chi connectivity index (χ4n) is 2.31. The molecule has 0 bridgehead atoms. The van der Waals surface area contributed by atoms with Crippen LogP contribution >= 0.6 is 23.5 Å². The maximum absolute atomic E-state index is 11.9. The molecule has 5 atom stereocenters. The summed E-state index contributed by atoms with van der Waals surface area (Å²) in [5.74, 6) is 0. The zero-order chi connectivity index (χ0) is 22.9. The van der Waals surface area contributed by atoms with E-state index in [0.717, 1.165) is 10.8 Å². The number of aliphatic hydroxyl groups excluding tert-OH is 1. The molecule has 170 valence electrons. The number of carbonyl (C=O) groups excluding carboxylic acids is 1. The van der Waals surface area contributed by atoms with Crippen molar-refractivity contribution in [3.05, 3.63) is 32.6 Å². The Balaban J connectivity index is 2.05. The van der Waals surface area contributed by atoms with Gasteiger partial charge in [0.25, 0.3) is 5.56 Å². The zero-order valence-electron chi connectivity index (χ0n) is 14.4. The summed E-state index contributed by atoms with van der Waals surface area (Å²) in [7, 11) is -16.7. The zero-order valence-corrected chi connectivity index (χ0v) is 17.1. The molecule has 1 aliphatic heterocycles. The number of H-pyrrole nitrogens is 1. The van der Waals surface area contributed by atoms with E-state index < -0.39 is 65.3 Å². The van der Waals surface area contributed by atoms with Crippen LogP contribution in [0.2, 0.25) is 0 Å². The minimum atomic E-state index is -5.71. The van der Waals surface area contributed by atoms with Crippen molar-refractivity contribution in [2.24, 2.45) is 0 Å². The number of phosphoric acid groups is 3. The molecule has 0 spiro atoms. The number of aromatic amines is 1. The first kappa shape index (κ1) is 24.9. The molecule has 6 N–H and O–H groups in total. The number of phosphoric ester groups is 1. The Hall–Kier alpha value is -1.32. The van der Waals surface area contributed by atoms with Crippen LogP contribution in [0.15, 0.2) is 15.8 Å². The maximum Gasteiger partial charge on any atom is 0.490 e. The number of aldehydes is 1. The maximum atomic E-state index is 11.9. The third-order valence-corrected chi connectivity index (χ3v) is 7.26. The number of aromatic nitrogens is 2. The van der Waals surface area contributed by atoms with Gasteiger partial charge in [-0.25, -0.2) is 18.5 Å². The quantitative estimate of drug-likeness (QED) is 0.165. The Kier molecular flexibility index (Phi) is 7.52. The summed E-state index contributed by atoms with van der Waals surface area (Å²) >= 11 is 0. The molecule has 0 radical (unpaired) electrons. The van der Waals surface area contributed by atoms with Gasteiger partial charge in [0.15, 0.2) is 6.29 Å². The number of carbonyl (C=O) groups is 1. The van der Waals surface area contributed by atoms with E-state index in [0.29, 0.717) is 0 Å². The van der Waals surface area contributed by atoms with Crippen molar-refractivity contribution in [1.29, 1.82) is 0 Å². The number of nitrogens with zero attached hydrogens (tertiary/aromatic N) is 1. The van der Waals surface area contributed by atoms with Gasteiger partial charge in [-0.2, -0.15) is 8.62 Å². The van der Waals surface area contributed by atoms with E-state index in [1.807, 2.05) is 4.98 Å². The smallest absolute Gasteiger partial charge is 0.390 e. The second-order valence-electron chi connectivity index (χ2n) is 5.69. The van der Waals surface area contributed by atoms with Gasteiger partial charge >= 0.3 is 29.2 Å². The Morgan fingerprint density at radius 2 is 1.80 bits per heavy atom. The normalized spacial score (nSPS) is 26.1. The van der Waals surface area contributed by atoms with Gasteiger partial charge < -0.3 is 29.4 Å².